The maximum atomic E-state index is 12.8. The molecule has 0 fully saturated rings. The van der Waals surface area contributed by atoms with Crippen LogP contribution in [0.2, 0.25) is 5.02 Å². The summed E-state index contributed by atoms with van der Waals surface area (Å²) in [6.45, 7) is 0.464. The lowest BCUT2D eigenvalue weighted by molar-refractivity contribution is -0.137. The third-order valence-corrected chi connectivity index (χ3v) is 3.81. The number of hydrogen-bond donors (Lipinski definition) is 1. The monoisotopic (exact) mass is 367 g/mol. The fourth-order valence-corrected chi connectivity index (χ4v) is 2.29. The van der Waals surface area contributed by atoms with E-state index in [0.717, 1.165) is 12.1 Å². The lowest BCUT2D eigenvalue weighted by Crippen LogP contribution is -2.10. The number of aromatic nitrogens is 2. The van der Waals surface area contributed by atoms with Gasteiger partial charge in [0.25, 0.3) is 0 Å². The number of halogens is 5. The minimum absolute atomic E-state index is 0.112. The van der Waals surface area contributed by atoms with Crippen molar-refractivity contribution < 1.29 is 13.2 Å². The molecule has 0 aliphatic heterocycles. The van der Waals surface area contributed by atoms with E-state index in [9.17, 15) is 13.2 Å². The van der Waals surface area contributed by atoms with Crippen LogP contribution < -0.4 is 5.32 Å². The van der Waals surface area contributed by atoms with E-state index in [-0.39, 0.29) is 15.4 Å². The summed E-state index contributed by atoms with van der Waals surface area (Å²) in [5.41, 5.74) is -0.115. The highest BCUT2D eigenvalue weighted by atomic mass is 35.5. The molecule has 0 aliphatic carbocycles. The minimum Gasteiger partial charge on any atom is -0.381 e. The number of nitrogens with one attached hydrogen (secondary N) is 1. The largest absolute Gasteiger partial charge is 0.416 e. The molecule has 0 saturated heterocycles. The summed E-state index contributed by atoms with van der Waals surface area (Å²) in [6.07, 6.45) is -3.05. The van der Waals surface area contributed by atoms with Gasteiger partial charge in [-0.2, -0.15) is 18.3 Å². The molecule has 1 aromatic carbocycles. The fourth-order valence-electron chi connectivity index (χ4n) is 1.74. The number of rotatable bonds is 4. The predicted octanol–water partition coefficient (Wildman–Crippen LogP) is 4.92. The van der Waals surface area contributed by atoms with E-state index in [0.29, 0.717) is 18.1 Å². The van der Waals surface area contributed by atoms with Crippen LogP contribution in [0.5, 0.6) is 0 Å². The lowest BCUT2D eigenvalue weighted by atomic mass is 10.2. The third-order valence-electron chi connectivity index (χ3n) is 2.75. The molecule has 2 aromatic rings. The van der Waals surface area contributed by atoms with E-state index < -0.39 is 11.7 Å². The van der Waals surface area contributed by atoms with Crippen molar-refractivity contribution in [3.05, 3.63) is 45.7 Å². The van der Waals surface area contributed by atoms with Gasteiger partial charge in [0.1, 0.15) is 9.66 Å². The van der Waals surface area contributed by atoms with Crippen molar-refractivity contribution >= 4 is 41.1 Å². The van der Waals surface area contributed by atoms with Crippen LogP contribution in [0.25, 0.3) is 5.69 Å². The maximum Gasteiger partial charge on any atom is 0.416 e. The van der Waals surface area contributed by atoms with E-state index >= 15 is 0 Å². The summed E-state index contributed by atoms with van der Waals surface area (Å²) in [6, 6.07) is 4.70. The normalized spacial score (nSPS) is 11.5. The molecule has 0 radical (unpaired) electrons. The first-order valence-electron chi connectivity index (χ1n) is 6.10. The van der Waals surface area contributed by atoms with Crippen molar-refractivity contribution in [3.63, 3.8) is 0 Å². The number of nitrogens with zero attached hydrogens (tertiary/aromatic N) is 2. The van der Waals surface area contributed by atoms with Crippen LogP contribution in [-0.4, -0.2) is 22.2 Å². The second-order valence-corrected chi connectivity index (χ2v) is 5.40. The molecule has 0 bridgehead atoms. The fraction of sp³-hybridized carbons (Fsp3) is 0.231. The first-order chi connectivity index (χ1) is 10.3. The molecule has 1 heterocycles. The first-order valence-corrected chi connectivity index (χ1v) is 7.42. The van der Waals surface area contributed by atoms with Gasteiger partial charge in [0.2, 0.25) is 0 Å². The molecule has 9 heteroatoms. The summed E-state index contributed by atoms with van der Waals surface area (Å²) < 4.78 is 39.6. The number of benzene rings is 1. The number of alkyl halides is 4. The average molecular weight is 368 g/mol. The highest BCUT2D eigenvalue weighted by Gasteiger charge is 2.30. The SMILES string of the molecule is FC(F)(F)c1cccc(-n2ncc(NCCCl)c(Cl)c2=S)c1. The molecule has 0 saturated carbocycles. The predicted molar refractivity (Wildman–Crippen MR) is 83.6 cm³/mol. The smallest absolute Gasteiger partial charge is 0.381 e. The molecule has 2 rings (SSSR count). The van der Waals surface area contributed by atoms with E-state index in [4.69, 9.17) is 35.4 Å². The van der Waals surface area contributed by atoms with Crippen LogP contribution in [0.1, 0.15) is 5.56 Å². The van der Waals surface area contributed by atoms with E-state index in [2.05, 4.69) is 10.4 Å². The Labute approximate surface area is 139 Å². The molecule has 118 valence electrons. The molecule has 0 spiro atoms. The Balaban J connectivity index is 2.46. The summed E-state index contributed by atoms with van der Waals surface area (Å²) >= 11 is 16.9. The number of hydrogen-bond acceptors (Lipinski definition) is 3. The van der Waals surface area contributed by atoms with Gasteiger partial charge in [-0.15, -0.1) is 11.6 Å². The first kappa shape index (κ1) is 17.1. The molecular formula is C13H10Cl2F3N3S. The molecule has 1 aromatic heterocycles. The standard InChI is InChI=1S/C13H10Cl2F3N3S/c14-4-5-19-10-7-20-21(12(22)11(10)15)9-3-1-2-8(6-9)13(16,17)18/h1-3,6-7,19H,4-5H2. The molecule has 3 nitrogen and oxygen atoms in total. The zero-order valence-corrected chi connectivity index (χ0v) is 13.3. The Kier molecular flexibility index (Phi) is 5.31. The Morgan fingerprint density at radius 3 is 2.68 bits per heavy atom. The summed E-state index contributed by atoms with van der Waals surface area (Å²) in [4.78, 5) is 0. The molecular weight excluding hydrogens is 358 g/mol. The maximum absolute atomic E-state index is 12.8. The quantitative estimate of drug-likeness (QED) is 0.614. The van der Waals surface area contributed by atoms with E-state index in [1.54, 1.807) is 0 Å². The molecule has 0 amide bonds. The Morgan fingerprint density at radius 1 is 1.32 bits per heavy atom. The van der Waals surface area contributed by atoms with Crippen LogP contribution in [0.15, 0.2) is 30.5 Å². The van der Waals surface area contributed by atoms with Crippen molar-refractivity contribution in [3.8, 4) is 5.69 Å². The topological polar surface area (TPSA) is 29.9 Å². The zero-order valence-electron chi connectivity index (χ0n) is 11.0. The van der Waals surface area contributed by atoms with Gasteiger partial charge >= 0.3 is 6.18 Å². The summed E-state index contributed by atoms with van der Waals surface area (Å²) in [5, 5.41) is 7.17. The van der Waals surface area contributed by atoms with Crippen LogP contribution in [0.4, 0.5) is 18.9 Å². The van der Waals surface area contributed by atoms with Gasteiger partial charge in [-0.05, 0) is 18.2 Å². The zero-order chi connectivity index (χ0) is 16.3. The van der Waals surface area contributed by atoms with Gasteiger partial charge in [0.05, 0.1) is 23.1 Å². The van der Waals surface area contributed by atoms with Gasteiger partial charge < -0.3 is 5.32 Å². The molecule has 0 unspecified atom stereocenters. The molecule has 1 N–H and O–H groups in total. The molecule has 0 atom stereocenters. The van der Waals surface area contributed by atoms with Crippen molar-refractivity contribution in [2.45, 2.75) is 6.18 Å². The van der Waals surface area contributed by atoms with E-state index in [1.165, 1.54) is 23.0 Å². The van der Waals surface area contributed by atoms with Crippen LogP contribution >= 0.6 is 35.4 Å². The lowest BCUT2D eigenvalue weighted by Gasteiger charge is -2.13. The van der Waals surface area contributed by atoms with Crippen molar-refractivity contribution in [2.24, 2.45) is 0 Å². The Hall–Kier alpha value is -1.31. The highest BCUT2D eigenvalue weighted by molar-refractivity contribution is 7.71. The van der Waals surface area contributed by atoms with Gasteiger partial charge in [-0.3, -0.25) is 0 Å². The average Bonchev–Trinajstić information content (AvgIpc) is 2.48. The van der Waals surface area contributed by atoms with Crippen molar-refractivity contribution in [1.29, 1.82) is 0 Å². The van der Waals surface area contributed by atoms with Crippen LogP contribution in [0, 0.1) is 4.64 Å². The Morgan fingerprint density at radius 2 is 2.05 bits per heavy atom. The van der Waals surface area contributed by atoms with Gasteiger partial charge in [-0.25, -0.2) is 4.68 Å². The van der Waals surface area contributed by atoms with Crippen LogP contribution in [-0.2, 0) is 6.18 Å². The summed E-state index contributed by atoms with van der Waals surface area (Å²) in [7, 11) is 0. The third kappa shape index (κ3) is 3.71. The van der Waals surface area contributed by atoms with Gasteiger partial charge in [-0.1, -0.05) is 29.9 Å². The second-order valence-electron chi connectivity index (χ2n) is 4.25. The molecule has 0 aliphatic rings. The van der Waals surface area contributed by atoms with Crippen molar-refractivity contribution in [1.82, 2.24) is 9.78 Å². The van der Waals surface area contributed by atoms with E-state index in [1.807, 2.05) is 0 Å². The van der Waals surface area contributed by atoms with Crippen molar-refractivity contribution in [2.75, 3.05) is 17.7 Å². The summed E-state index contributed by atoms with van der Waals surface area (Å²) in [5.74, 6) is 0.367. The molecule has 22 heavy (non-hydrogen) atoms. The van der Waals surface area contributed by atoms with Crippen LogP contribution in [0.3, 0.4) is 0 Å². The highest BCUT2D eigenvalue weighted by Crippen LogP contribution is 2.31. The van der Waals surface area contributed by atoms with Gasteiger partial charge in [0, 0.05) is 12.4 Å². The number of anilines is 1. The second kappa shape index (κ2) is 6.85. The minimum atomic E-state index is -4.44. The Bertz CT molecular complexity index is 731. The van der Waals surface area contributed by atoms with Gasteiger partial charge in [0.15, 0.2) is 0 Å².